The number of nitrogens with one attached hydrogen (secondary N) is 1. The first-order valence-electron chi connectivity index (χ1n) is 8.22. The average molecular weight is 375 g/mol. The Kier molecular flexibility index (Phi) is 5.41. The van der Waals surface area contributed by atoms with E-state index in [1.165, 1.54) is 29.5 Å². The van der Waals surface area contributed by atoms with Crippen molar-refractivity contribution in [3.8, 4) is 5.69 Å². The molecule has 1 aliphatic rings. The summed E-state index contributed by atoms with van der Waals surface area (Å²) in [7, 11) is 0. The van der Waals surface area contributed by atoms with Crippen LogP contribution in [0.25, 0.3) is 5.69 Å². The van der Waals surface area contributed by atoms with Crippen molar-refractivity contribution in [3.63, 3.8) is 0 Å². The van der Waals surface area contributed by atoms with Crippen LogP contribution in [0.4, 0.5) is 5.69 Å². The Bertz CT molecular complexity index is 847. The molecule has 2 atom stereocenters. The van der Waals surface area contributed by atoms with Gasteiger partial charge >= 0.3 is 5.97 Å². The molecule has 2 N–H and O–H groups in total. The summed E-state index contributed by atoms with van der Waals surface area (Å²) >= 11 is 0. The Hall–Kier alpha value is -3.34. The molecule has 0 aliphatic carbocycles. The van der Waals surface area contributed by atoms with Crippen LogP contribution in [0.2, 0.25) is 0 Å². The number of benzene rings is 1. The lowest BCUT2D eigenvalue weighted by molar-refractivity contribution is -0.384. The van der Waals surface area contributed by atoms with Gasteiger partial charge in [0.05, 0.1) is 11.5 Å². The largest absolute Gasteiger partial charge is 0.480 e. The van der Waals surface area contributed by atoms with Crippen molar-refractivity contribution in [2.45, 2.75) is 18.9 Å². The van der Waals surface area contributed by atoms with Crippen molar-refractivity contribution in [1.29, 1.82) is 0 Å². The van der Waals surface area contributed by atoms with Crippen LogP contribution in [0.5, 0.6) is 0 Å². The Morgan fingerprint density at radius 3 is 2.85 bits per heavy atom. The Morgan fingerprint density at radius 1 is 1.44 bits per heavy atom. The molecule has 2 aromatic rings. The summed E-state index contributed by atoms with van der Waals surface area (Å²) in [5, 5.41) is 27.1. The number of carbonyl (C=O) groups is 2. The van der Waals surface area contributed by atoms with Crippen molar-refractivity contribution >= 4 is 17.6 Å². The number of hydrogen-bond acceptors (Lipinski definition) is 7. The molecule has 11 heteroatoms. The van der Waals surface area contributed by atoms with E-state index in [1.54, 1.807) is 0 Å². The molecule has 3 rings (SSSR count). The van der Waals surface area contributed by atoms with Crippen molar-refractivity contribution in [3.05, 3.63) is 46.5 Å². The second kappa shape index (κ2) is 7.91. The number of hydrogen-bond donors (Lipinski definition) is 2. The minimum absolute atomic E-state index is 0.0199. The summed E-state index contributed by atoms with van der Waals surface area (Å²) in [6, 6.07) is 2.69. The third kappa shape index (κ3) is 4.08. The zero-order valence-electron chi connectivity index (χ0n) is 14.1. The molecule has 1 saturated heterocycles. The molecule has 0 spiro atoms. The maximum Gasteiger partial charge on any atom is 0.326 e. The average Bonchev–Trinajstić information content (AvgIpc) is 3.20. The zero-order chi connectivity index (χ0) is 19.4. The van der Waals surface area contributed by atoms with Crippen LogP contribution < -0.4 is 5.32 Å². The van der Waals surface area contributed by atoms with Crippen molar-refractivity contribution in [2.75, 3.05) is 13.2 Å². The van der Waals surface area contributed by atoms with Gasteiger partial charge in [0.25, 0.3) is 11.6 Å². The number of ether oxygens (including phenoxy) is 1. The van der Waals surface area contributed by atoms with E-state index in [4.69, 9.17) is 4.74 Å². The Morgan fingerprint density at radius 2 is 2.26 bits per heavy atom. The second-order valence-corrected chi connectivity index (χ2v) is 6.07. The van der Waals surface area contributed by atoms with Gasteiger partial charge in [-0.25, -0.2) is 14.5 Å². The maximum atomic E-state index is 12.5. The molecular weight excluding hydrogens is 358 g/mol. The van der Waals surface area contributed by atoms with E-state index in [2.05, 4.69) is 15.4 Å². The molecule has 0 bridgehead atoms. The fourth-order valence-corrected chi connectivity index (χ4v) is 2.97. The summed E-state index contributed by atoms with van der Waals surface area (Å²) in [6.45, 7) is 0.801. The molecule has 1 fully saturated rings. The lowest BCUT2D eigenvalue weighted by Crippen LogP contribution is -2.48. The van der Waals surface area contributed by atoms with Crippen LogP contribution in [0, 0.1) is 16.0 Å². The van der Waals surface area contributed by atoms with Gasteiger partial charge in [-0.05, 0) is 25.0 Å². The van der Waals surface area contributed by atoms with Gasteiger partial charge in [0.15, 0.2) is 0 Å². The molecule has 27 heavy (non-hydrogen) atoms. The van der Waals surface area contributed by atoms with Gasteiger partial charge in [-0.1, -0.05) is 0 Å². The number of nitro groups is 1. The molecule has 2 unspecified atom stereocenters. The molecule has 1 aromatic carbocycles. The van der Waals surface area contributed by atoms with Gasteiger partial charge in [-0.2, -0.15) is 5.10 Å². The fraction of sp³-hybridized carbons (Fsp3) is 0.375. The van der Waals surface area contributed by atoms with E-state index in [0.717, 1.165) is 6.07 Å². The van der Waals surface area contributed by atoms with Crippen LogP contribution in [0.1, 0.15) is 23.2 Å². The van der Waals surface area contributed by atoms with Crippen LogP contribution in [0.15, 0.2) is 30.9 Å². The minimum Gasteiger partial charge on any atom is -0.480 e. The topological polar surface area (TPSA) is 149 Å². The Labute approximate surface area is 153 Å². The highest BCUT2D eigenvalue weighted by Gasteiger charge is 2.32. The van der Waals surface area contributed by atoms with Gasteiger partial charge in [0.2, 0.25) is 0 Å². The molecule has 2 heterocycles. The molecule has 11 nitrogen and oxygen atoms in total. The monoisotopic (exact) mass is 375 g/mol. The number of carbonyl (C=O) groups excluding carboxylic acids is 1. The number of aromatic nitrogens is 3. The van der Waals surface area contributed by atoms with Gasteiger partial charge in [0, 0.05) is 24.2 Å². The minimum atomic E-state index is -1.17. The third-order valence-corrected chi connectivity index (χ3v) is 4.32. The van der Waals surface area contributed by atoms with Crippen molar-refractivity contribution in [2.24, 2.45) is 5.92 Å². The summed E-state index contributed by atoms with van der Waals surface area (Å²) in [6.07, 6.45) is 3.85. The number of carboxylic acid groups (broad SMARTS) is 1. The first kappa shape index (κ1) is 18.5. The highest BCUT2D eigenvalue weighted by atomic mass is 16.6. The van der Waals surface area contributed by atoms with Crippen LogP contribution in [0.3, 0.4) is 0 Å². The van der Waals surface area contributed by atoms with E-state index in [0.29, 0.717) is 19.4 Å². The quantitative estimate of drug-likeness (QED) is 0.556. The van der Waals surface area contributed by atoms with E-state index >= 15 is 0 Å². The highest BCUT2D eigenvalue weighted by Crippen LogP contribution is 2.24. The van der Waals surface area contributed by atoms with Crippen LogP contribution >= 0.6 is 0 Å². The molecule has 1 amide bonds. The normalized spacial score (nSPS) is 17.9. The summed E-state index contributed by atoms with van der Waals surface area (Å²) in [5.74, 6) is -2.24. The molecule has 0 radical (unpaired) electrons. The number of nitrogens with zero attached hydrogens (tertiary/aromatic N) is 4. The number of aliphatic carboxylic acids is 1. The second-order valence-electron chi connectivity index (χ2n) is 6.07. The van der Waals surface area contributed by atoms with E-state index in [-0.39, 0.29) is 29.5 Å². The first-order chi connectivity index (χ1) is 13.0. The number of rotatable bonds is 6. The summed E-state index contributed by atoms with van der Waals surface area (Å²) in [5.41, 5.74) is -0.223. The van der Waals surface area contributed by atoms with E-state index < -0.39 is 22.8 Å². The van der Waals surface area contributed by atoms with Crippen LogP contribution in [-0.2, 0) is 9.53 Å². The van der Waals surface area contributed by atoms with Crippen molar-refractivity contribution < 1.29 is 24.4 Å². The lowest BCUT2D eigenvalue weighted by Gasteiger charge is -2.28. The fourth-order valence-electron chi connectivity index (χ4n) is 2.97. The molecule has 0 saturated carbocycles. The Balaban J connectivity index is 1.84. The third-order valence-electron chi connectivity index (χ3n) is 4.32. The van der Waals surface area contributed by atoms with Gasteiger partial charge in [0.1, 0.15) is 24.4 Å². The van der Waals surface area contributed by atoms with Gasteiger partial charge in [-0.15, -0.1) is 0 Å². The maximum absolute atomic E-state index is 12.5. The predicted octanol–water partition coefficient (Wildman–Crippen LogP) is 0.785. The summed E-state index contributed by atoms with van der Waals surface area (Å²) in [4.78, 5) is 38.5. The smallest absolute Gasteiger partial charge is 0.326 e. The summed E-state index contributed by atoms with van der Waals surface area (Å²) < 4.78 is 6.50. The standard InChI is InChI=1S/C16H17N5O6/c22-15(19-14(16(23)24)11-2-1-5-27-7-11)10-3-4-12(13(6-10)21(25)26)20-9-17-8-18-20/h3-4,6,8-9,11,14H,1-2,5,7H2,(H,19,22)(H,23,24). The zero-order valence-corrected chi connectivity index (χ0v) is 14.1. The van der Waals surface area contributed by atoms with Crippen LogP contribution in [-0.4, -0.2) is 55.9 Å². The first-order valence-corrected chi connectivity index (χ1v) is 8.22. The van der Waals surface area contributed by atoms with Gasteiger partial charge in [-0.3, -0.25) is 14.9 Å². The van der Waals surface area contributed by atoms with Crippen molar-refractivity contribution in [1.82, 2.24) is 20.1 Å². The van der Waals surface area contributed by atoms with E-state index in [1.807, 2.05) is 0 Å². The predicted molar refractivity (Wildman–Crippen MR) is 90.4 cm³/mol. The number of carboxylic acids is 1. The molecule has 1 aromatic heterocycles. The van der Waals surface area contributed by atoms with E-state index in [9.17, 15) is 24.8 Å². The molecular formula is C16H17N5O6. The SMILES string of the molecule is O=C(NC(C(=O)O)C1CCCOC1)c1ccc(-n2cncn2)c([N+](=O)[O-])c1. The molecule has 142 valence electrons. The highest BCUT2D eigenvalue weighted by molar-refractivity contribution is 5.97. The lowest BCUT2D eigenvalue weighted by atomic mass is 9.93. The molecule has 1 aliphatic heterocycles. The number of nitro benzene ring substituents is 1. The number of amides is 1. The van der Waals surface area contributed by atoms with Gasteiger partial charge < -0.3 is 15.2 Å².